The van der Waals surface area contributed by atoms with Crippen molar-refractivity contribution in [3.63, 3.8) is 0 Å². The minimum atomic E-state index is 0. The first-order chi connectivity index (χ1) is 2.50. The first-order valence-electron chi connectivity index (χ1n) is 1.67. The van der Waals surface area contributed by atoms with E-state index in [2.05, 4.69) is 0 Å². The van der Waals surface area contributed by atoms with Crippen LogP contribution in [0.15, 0.2) is 24.3 Å². The Kier molecular flexibility index (Phi) is 5.40. The largest absolute Gasteiger partial charge is 1.00 e. The molecule has 0 amide bonds. The summed E-state index contributed by atoms with van der Waals surface area (Å²) in [6.07, 6.45) is 10.0. The predicted octanol–water partition coefficient (Wildman–Crippen LogP) is -1.68. The quantitative estimate of drug-likeness (QED) is 0.387. The third-order valence-electron chi connectivity index (χ3n) is 0.556. The van der Waals surface area contributed by atoms with Gasteiger partial charge in [0.05, 0.1) is 0 Å². The second-order valence-corrected chi connectivity index (χ2v) is 0.962. The summed E-state index contributed by atoms with van der Waals surface area (Å²) in [6, 6.07) is 0. The second-order valence-electron chi connectivity index (χ2n) is 0.962. The molecule has 0 aliphatic heterocycles. The molecule has 0 aromatic heterocycles. The summed E-state index contributed by atoms with van der Waals surface area (Å²) in [5.41, 5.74) is 0. The molecule has 0 saturated heterocycles. The smallest absolute Gasteiger partial charge is 0.0767 e. The third kappa shape index (κ3) is 2.46. The molecule has 0 fully saturated rings. The zero-order chi connectivity index (χ0) is 3.54. The third-order valence-corrected chi connectivity index (χ3v) is 0.556. The van der Waals surface area contributed by atoms with Gasteiger partial charge in [-0.2, -0.15) is 0 Å². The zero-order valence-electron chi connectivity index (χ0n) is 3.89. The van der Waals surface area contributed by atoms with Crippen LogP contribution in [0, 0.1) is 6.42 Å². The molecule has 0 bridgehead atoms. The molecular formula is C5H5Rb+. The van der Waals surface area contributed by atoms with Gasteiger partial charge in [-0.15, -0.1) is 0 Å². The van der Waals surface area contributed by atoms with Crippen LogP contribution in [-0.2, 0) is 0 Å². The van der Waals surface area contributed by atoms with Gasteiger partial charge in [0.1, 0.15) is 0 Å². The van der Waals surface area contributed by atoms with Crippen molar-refractivity contribution in [3.05, 3.63) is 30.7 Å². The Labute approximate surface area is 87.1 Å². The molecular weight excluding hydrogens is 146 g/mol. The summed E-state index contributed by atoms with van der Waals surface area (Å²) >= 11 is 0. The SMILES string of the molecule is [CH]1C=CC=C1.[Rb+]. The molecule has 6 heavy (non-hydrogen) atoms. The van der Waals surface area contributed by atoms with E-state index in [4.69, 9.17) is 0 Å². The summed E-state index contributed by atoms with van der Waals surface area (Å²) < 4.78 is 0. The standard InChI is InChI=1S/C5H5.Rb/c1-2-4-5-3-1;/h1-5H;/q;+1. The first-order valence-corrected chi connectivity index (χ1v) is 1.67. The van der Waals surface area contributed by atoms with Gasteiger partial charge in [-0.05, 0) is 0 Å². The number of hydrogen-bond donors (Lipinski definition) is 0. The topological polar surface area (TPSA) is 0 Å². The normalized spacial score (nSPS) is 14.7. The Bertz CT molecular complexity index is 62.0. The Balaban J connectivity index is 0.000000250. The van der Waals surface area contributed by atoms with Crippen molar-refractivity contribution in [2.75, 3.05) is 0 Å². The van der Waals surface area contributed by atoms with Crippen molar-refractivity contribution >= 4 is 0 Å². The van der Waals surface area contributed by atoms with Crippen LogP contribution in [0.4, 0.5) is 0 Å². The van der Waals surface area contributed by atoms with E-state index in [1.54, 1.807) is 0 Å². The van der Waals surface area contributed by atoms with E-state index in [1.807, 2.05) is 30.7 Å². The van der Waals surface area contributed by atoms with E-state index in [1.165, 1.54) is 0 Å². The van der Waals surface area contributed by atoms with E-state index in [-0.39, 0.29) is 58.2 Å². The fourth-order valence-electron chi connectivity index (χ4n) is 0.321. The van der Waals surface area contributed by atoms with Gasteiger partial charge in [0.25, 0.3) is 0 Å². The molecule has 1 aliphatic carbocycles. The van der Waals surface area contributed by atoms with Gasteiger partial charge in [0.2, 0.25) is 0 Å². The molecule has 1 aliphatic rings. The molecule has 0 nitrogen and oxygen atoms in total. The number of hydrogen-bond acceptors (Lipinski definition) is 0. The molecule has 0 aromatic carbocycles. The Morgan fingerprint density at radius 1 is 0.667 bits per heavy atom. The number of rotatable bonds is 0. The molecule has 0 atom stereocenters. The van der Waals surface area contributed by atoms with Crippen molar-refractivity contribution in [1.82, 2.24) is 0 Å². The van der Waals surface area contributed by atoms with E-state index < -0.39 is 0 Å². The maximum atomic E-state index is 2.00. The van der Waals surface area contributed by atoms with Gasteiger partial charge in [-0.1, -0.05) is 24.3 Å². The van der Waals surface area contributed by atoms with Crippen LogP contribution in [0.5, 0.6) is 0 Å². The van der Waals surface area contributed by atoms with E-state index >= 15 is 0 Å². The van der Waals surface area contributed by atoms with Crippen LogP contribution < -0.4 is 58.2 Å². The van der Waals surface area contributed by atoms with Crippen LogP contribution in [0.1, 0.15) is 0 Å². The minimum absolute atomic E-state index is 0. The Morgan fingerprint density at radius 3 is 1.33 bits per heavy atom. The molecule has 0 saturated carbocycles. The van der Waals surface area contributed by atoms with Crippen molar-refractivity contribution in [2.45, 2.75) is 0 Å². The Morgan fingerprint density at radius 2 is 1.17 bits per heavy atom. The predicted molar refractivity (Wildman–Crippen MR) is 22.6 cm³/mol. The van der Waals surface area contributed by atoms with E-state index in [0.29, 0.717) is 0 Å². The Hall–Kier alpha value is 1.29. The van der Waals surface area contributed by atoms with Gasteiger partial charge < -0.3 is 0 Å². The fraction of sp³-hybridized carbons (Fsp3) is 0. The number of allylic oxidation sites excluding steroid dienone is 4. The summed E-state index contributed by atoms with van der Waals surface area (Å²) in [6.45, 7) is 0. The molecule has 0 N–H and O–H groups in total. The van der Waals surface area contributed by atoms with Crippen LogP contribution >= 0.6 is 0 Å². The van der Waals surface area contributed by atoms with Crippen LogP contribution in [0.2, 0.25) is 0 Å². The molecule has 0 spiro atoms. The molecule has 1 heteroatoms. The van der Waals surface area contributed by atoms with Crippen molar-refractivity contribution in [3.8, 4) is 0 Å². The monoisotopic (exact) mass is 150 g/mol. The molecule has 0 aromatic rings. The average Bonchev–Trinajstić information content (AvgIpc) is 1.76. The van der Waals surface area contributed by atoms with Crippen LogP contribution in [0.25, 0.3) is 0 Å². The van der Waals surface area contributed by atoms with Gasteiger partial charge in [-0.3, -0.25) is 0 Å². The molecule has 1 rings (SSSR count). The average molecular weight is 151 g/mol. The minimum Gasteiger partial charge on any atom is -0.0767 e. The van der Waals surface area contributed by atoms with Gasteiger partial charge in [0, 0.05) is 6.42 Å². The van der Waals surface area contributed by atoms with Gasteiger partial charge in [-0.25, -0.2) is 0 Å². The van der Waals surface area contributed by atoms with E-state index in [0.717, 1.165) is 0 Å². The van der Waals surface area contributed by atoms with Gasteiger partial charge >= 0.3 is 58.2 Å². The summed E-state index contributed by atoms with van der Waals surface area (Å²) in [5.74, 6) is 0. The fourth-order valence-corrected chi connectivity index (χ4v) is 0.321. The van der Waals surface area contributed by atoms with E-state index in [9.17, 15) is 0 Å². The summed E-state index contributed by atoms with van der Waals surface area (Å²) in [7, 11) is 0. The molecule has 1 radical (unpaired) electrons. The van der Waals surface area contributed by atoms with Crippen LogP contribution in [-0.4, -0.2) is 0 Å². The molecule has 0 heterocycles. The summed E-state index contributed by atoms with van der Waals surface area (Å²) in [5, 5.41) is 0. The summed E-state index contributed by atoms with van der Waals surface area (Å²) in [4.78, 5) is 0. The first kappa shape index (κ1) is 7.29. The van der Waals surface area contributed by atoms with Gasteiger partial charge in [0.15, 0.2) is 0 Å². The maximum Gasteiger partial charge on any atom is 1.00 e. The van der Waals surface area contributed by atoms with Crippen molar-refractivity contribution < 1.29 is 58.2 Å². The molecule has 25 valence electrons. The van der Waals surface area contributed by atoms with Crippen LogP contribution in [0.3, 0.4) is 0 Å². The zero-order valence-corrected chi connectivity index (χ0v) is 8.80. The van der Waals surface area contributed by atoms with Crippen molar-refractivity contribution in [2.24, 2.45) is 0 Å². The second kappa shape index (κ2) is 4.44. The maximum absolute atomic E-state index is 2.00. The van der Waals surface area contributed by atoms with Crippen molar-refractivity contribution in [1.29, 1.82) is 0 Å². The molecule has 0 unspecified atom stereocenters.